The van der Waals surface area contributed by atoms with Crippen LogP contribution in [0.15, 0.2) is 41.6 Å². The van der Waals surface area contributed by atoms with Crippen LogP contribution in [0.5, 0.6) is 0 Å². The van der Waals surface area contributed by atoms with Crippen LogP contribution < -0.4 is 16.3 Å². The van der Waals surface area contributed by atoms with Gasteiger partial charge in [-0.1, -0.05) is 22.5 Å². The molecule has 21 heavy (non-hydrogen) atoms. The Labute approximate surface area is 130 Å². The summed E-state index contributed by atoms with van der Waals surface area (Å²) in [4.78, 5) is 3.31. The average Bonchev–Trinajstić information content (AvgIpc) is 3.03. The van der Waals surface area contributed by atoms with Gasteiger partial charge in [0, 0.05) is 45.6 Å². The number of hydrogen-bond acceptors (Lipinski definition) is 2. The summed E-state index contributed by atoms with van der Waals surface area (Å²) in [5.41, 5.74) is 8.66. The number of aromatic nitrogens is 3. The van der Waals surface area contributed by atoms with Gasteiger partial charge in [0.1, 0.15) is 0 Å². The number of nitrogens with zero attached hydrogens (tertiary/aromatic N) is 2. The molecule has 2 heterocycles. The predicted octanol–water partition coefficient (Wildman–Crippen LogP) is 1.85. The molecule has 0 saturated carbocycles. The van der Waals surface area contributed by atoms with Gasteiger partial charge >= 0.3 is 0 Å². The van der Waals surface area contributed by atoms with Gasteiger partial charge in [0.15, 0.2) is 0 Å². The molecule has 0 amide bonds. The first-order valence-corrected chi connectivity index (χ1v) is 7.26. The first kappa shape index (κ1) is 13.7. The van der Waals surface area contributed by atoms with E-state index >= 15 is 0 Å². The quantitative estimate of drug-likeness (QED) is 0.746. The minimum absolute atomic E-state index is 0.883. The van der Waals surface area contributed by atoms with E-state index in [0.717, 1.165) is 37.1 Å². The van der Waals surface area contributed by atoms with Gasteiger partial charge in [0.25, 0.3) is 0 Å². The van der Waals surface area contributed by atoms with Gasteiger partial charge in [-0.25, -0.2) is 0 Å². The van der Waals surface area contributed by atoms with Crippen molar-refractivity contribution in [1.29, 1.82) is 0 Å². The lowest BCUT2D eigenvalue weighted by atomic mass is 10.1. The van der Waals surface area contributed by atoms with Crippen LogP contribution >= 0.6 is 15.9 Å². The Balaban J connectivity index is 2.25. The second kappa shape index (κ2) is 5.26. The number of nitrogens with one attached hydrogen (secondary N) is 1. The summed E-state index contributed by atoms with van der Waals surface area (Å²) in [6.07, 6.45) is 7.35. The summed E-state index contributed by atoms with van der Waals surface area (Å²) in [6, 6.07) is 6.09. The lowest BCUT2D eigenvalue weighted by Crippen LogP contribution is -2.24. The SMILES string of the molecule is C=C(/C=c1\c(=C/N)[nH]c2ccc(Br)cc12)c1cnn(C)c1. The van der Waals surface area contributed by atoms with Crippen molar-refractivity contribution in [2.75, 3.05) is 0 Å². The number of hydrogen-bond donors (Lipinski definition) is 2. The van der Waals surface area contributed by atoms with Gasteiger partial charge < -0.3 is 10.7 Å². The fraction of sp³-hybridized carbons (Fsp3) is 0.0625. The zero-order chi connectivity index (χ0) is 15.0. The average molecular weight is 343 g/mol. The van der Waals surface area contributed by atoms with Gasteiger partial charge in [-0.15, -0.1) is 0 Å². The number of allylic oxidation sites excluding steroid dienone is 1. The molecule has 3 aromatic rings. The molecule has 0 atom stereocenters. The Bertz CT molecular complexity index is 946. The molecular weight excluding hydrogens is 328 g/mol. The summed E-state index contributed by atoms with van der Waals surface area (Å²) in [6.45, 7) is 4.13. The normalized spacial score (nSPS) is 13.2. The van der Waals surface area contributed by atoms with Crippen molar-refractivity contribution in [3.63, 3.8) is 0 Å². The number of rotatable bonds is 2. The molecule has 0 aliphatic rings. The van der Waals surface area contributed by atoms with Crippen LogP contribution in [0.2, 0.25) is 0 Å². The third kappa shape index (κ3) is 2.52. The van der Waals surface area contributed by atoms with E-state index in [-0.39, 0.29) is 0 Å². The molecule has 0 aliphatic carbocycles. The van der Waals surface area contributed by atoms with Crippen molar-refractivity contribution in [2.45, 2.75) is 0 Å². The zero-order valence-corrected chi connectivity index (χ0v) is 13.2. The number of nitrogens with two attached hydrogens (primary N) is 1. The van der Waals surface area contributed by atoms with E-state index in [9.17, 15) is 0 Å². The highest BCUT2D eigenvalue weighted by molar-refractivity contribution is 9.10. The molecule has 3 rings (SSSR count). The van der Waals surface area contributed by atoms with Crippen LogP contribution in [0.4, 0.5) is 0 Å². The molecule has 2 aromatic heterocycles. The molecular formula is C16H15BrN4. The number of H-pyrrole nitrogens is 1. The van der Waals surface area contributed by atoms with Crippen molar-refractivity contribution in [3.8, 4) is 0 Å². The second-order valence-corrected chi connectivity index (χ2v) is 5.80. The van der Waals surface area contributed by atoms with E-state index in [1.807, 2.05) is 31.5 Å². The first-order valence-electron chi connectivity index (χ1n) is 6.47. The maximum absolute atomic E-state index is 5.74. The molecule has 0 radical (unpaired) electrons. The molecule has 4 nitrogen and oxygen atoms in total. The van der Waals surface area contributed by atoms with Crippen molar-refractivity contribution < 1.29 is 0 Å². The van der Waals surface area contributed by atoms with E-state index < -0.39 is 0 Å². The third-order valence-electron chi connectivity index (χ3n) is 3.39. The summed E-state index contributed by atoms with van der Waals surface area (Å²) in [7, 11) is 1.89. The highest BCUT2D eigenvalue weighted by atomic mass is 79.9. The molecule has 0 saturated heterocycles. The smallest absolute Gasteiger partial charge is 0.0622 e. The zero-order valence-electron chi connectivity index (χ0n) is 11.6. The maximum atomic E-state index is 5.74. The number of aryl methyl sites for hydroxylation is 1. The standard InChI is InChI=1S/C16H15BrN4/c1-10(11-8-19-21(2)9-11)5-13-14-6-12(17)3-4-15(14)20-16(13)7-18/h3-9,20H,1,18H2,2H3/b13-5-,16-7+. The van der Waals surface area contributed by atoms with E-state index in [2.05, 4.69) is 38.7 Å². The van der Waals surface area contributed by atoms with Crippen LogP contribution in [0.1, 0.15) is 5.56 Å². The van der Waals surface area contributed by atoms with Crippen LogP contribution in [-0.4, -0.2) is 14.8 Å². The molecule has 0 bridgehead atoms. The molecule has 5 heteroatoms. The number of halogens is 1. The first-order chi connectivity index (χ1) is 10.1. The minimum Gasteiger partial charge on any atom is -0.403 e. The number of fused-ring (bicyclic) bond motifs is 1. The highest BCUT2D eigenvalue weighted by Crippen LogP contribution is 2.16. The molecule has 0 spiro atoms. The fourth-order valence-corrected chi connectivity index (χ4v) is 2.70. The maximum Gasteiger partial charge on any atom is 0.0622 e. The van der Waals surface area contributed by atoms with Gasteiger partial charge in [-0.2, -0.15) is 5.10 Å². The largest absolute Gasteiger partial charge is 0.403 e. The van der Waals surface area contributed by atoms with Crippen molar-refractivity contribution in [1.82, 2.24) is 14.8 Å². The topological polar surface area (TPSA) is 59.6 Å². The number of benzene rings is 1. The van der Waals surface area contributed by atoms with Gasteiger partial charge in [-0.3, -0.25) is 4.68 Å². The fourth-order valence-electron chi connectivity index (χ4n) is 2.34. The summed E-state index contributed by atoms with van der Waals surface area (Å²) in [5.74, 6) is 0. The molecule has 1 aromatic carbocycles. The summed E-state index contributed by atoms with van der Waals surface area (Å²) < 4.78 is 2.79. The molecule has 0 aliphatic heterocycles. The van der Waals surface area contributed by atoms with Crippen LogP contribution in [0.25, 0.3) is 28.8 Å². The molecule has 106 valence electrons. The van der Waals surface area contributed by atoms with E-state index in [1.165, 1.54) is 0 Å². The Morgan fingerprint density at radius 2 is 2.29 bits per heavy atom. The summed E-state index contributed by atoms with van der Waals surface area (Å²) >= 11 is 3.51. The Hall–Kier alpha value is -2.27. The minimum atomic E-state index is 0.883. The van der Waals surface area contributed by atoms with Crippen LogP contribution in [0.3, 0.4) is 0 Å². The molecule has 0 unspecified atom stereocenters. The second-order valence-electron chi connectivity index (χ2n) is 4.88. The van der Waals surface area contributed by atoms with Gasteiger partial charge in [-0.05, 0) is 29.8 Å². The van der Waals surface area contributed by atoms with E-state index in [1.54, 1.807) is 17.1 Å². The third-order valence-corrected chi connectivity index (χ3v) is 3.89. The van der Waals surface area contributed by atoms with Gasteiger partial charge in [0.05, 0.1) is 11.5 Å². The lowest BCUT2D eigenvalue weighted by Gasteiger charge is -1.95. The van der Waals surface area contributed by atoms with Crippen LogP contribution in [0, 0.1) is 0 Å². The van der Waals surface area contributed by atoms with Crippen molar-refractivity contribution in [2.24, 2.45) is 12.8 Å². The molecule has 0 fully saturated rings. The lowest BCUT2D eigenvalue weighted by molar-refractivity contribution is 0.767. The number of aromatic amines is 1. The van der Waals surface area contributed by atoms with Crippen molar-refractivity contribution >= 4 is 44.7 Å². The van der Waals surface area contributed by atoms with Crippen LogP contribution in [-0.2, 0) is 7.05 Å². The Morgan fingerprint density at radius 1 is 1.48 bits per heavy atom. The Morgan fingerprint density at radius 3 is 2.95 bits per heavy atom. The van der Waals surface area contributed by atoms with E-state index in [0.29, 0.717) is 0 Å². The highest BCUT2D eigenvalue weighted by Gasteiger charge is 2.03. The predicted molar refractivity (Wildman–Crippen MR) is 90.6 cm³/mol. The molecule has 3 N–H and O–H groups in total. The van der Waals surface area contributed by atoms with Crippen molar-refractivity contribution in [3.05, 3.63) is 57.8 Å². The summed E-state index contributed by atoms with van der Waals surface area (Å²) in [5, 5.41) is 7.19. The monoisotopic (exact) mass is 342 g/mol. The Kier molecular flexibility index (Phi) is 3.43. The van der Waals surface area contributed by atoms with E-state index in [4.69, 9.17) is 5.73 Å². The van der Waals surface area contributed by atoms with Gasteiger partial charge in [0.2, 0.25) is 0 Å².